The lowest BCUT2D eigenvalue weighted by Crippen LogP contribution is -2.21. The fourth-order valence-electron chi connectivity index (χ4n) is 2.03. The molecule has 2 atom stereocenters. The molecule has 0 radical (unpaired) electrons. The smallest absolute Gasteiger partial charge is 0.257 e. The van der Waals surface area contributed by atoms with E-state index in [0.29, 0.717) is 18.2 Å². The van der Waals surface area contributed by atoms with E-state index >= 15 is 0 Å². The molecule has 0 saturated carbocycles. The summed E-state index contributed by atoms with van der Waals surface area (Å²) in [6.07, 6.45) is -0.282. The van der Waals surface area contributed by atoms with Crippen molar-refractivity contribution in [1.29, 1.82) is 5.26 Å². The Morgan fingerprint density at radius 2 is 1.74 bits per heavy atom. The van der Waals surface area contributed by atoms with Crippen LogP contribution in [0.2, 0.25) is 5.02 Å². The SMILES string of the molecule is CCOC(OCC)P(=O)(CC)OC(CC#N)c1ccc(Cl)cc1. The average Bonchev–Trinajstić information content (AvgIpc) is 2.55. The van der Waals surface area contributed by atoms with Gasteiger partial charge in [-0.3, -0.25) is 4.57 Å². The van der Waals surface area contributed by atoms with E-state index in [1.54, 1.807) is 45.0 Å². The second-order valence-electron chi connectivity index (χ2n) is 4.77. The summed E-state index contributed by atoms with van der Waals surface area (Å²) in [4.78, 5) is 0. The van der Waals surface area contributed by atoms with Gasteiger partial charge >= 0.3 is 0 Å². The maximum Gasteiger partial charge on any atom is 0.257 e. The minimum atomic E-state index is -3.24. The van der Waals surface area contributed by atoms with Gasteiger partial charge in [0.05, 0.1) is 12.5 Å². The third-order valence-corrected chi connectivity index (χ3v) is 5.89. The van der Waals surface area contributed by atoms with Crippen LogP contribution in [0.25, 0.3) is 0 Å². The highest BCUT2D eigenvalue weighted by Crippen LogP contribution is 2.56. The lowest BCUT2D eigenvalue weighted by atomic mass is 10.1. The molecule has 7 heteroatoms. The van der Waals surface area contributed by atoms with E-state index in [1.807, 2.05) is 0 Å². The fourth-order valence-corrected chi connectivity index (χ4v) is 4.08. The molecule has 0 aliphatic carbocycles. The normalized spacial score (nSPS) is 15.1. The molecule has 0 aromatic heterocycles. The molecule has 0 saturated heterocycles. The first-order chi connectivity index (χ1) is 11.0. The molecule has 5 nitrogen and oxygen atoms in total. The summed E-state index contributed by atoms with van der Waals surface area (Å²) >= 11 is 5.89. The van der Waals surface area contributed by atoms with E-state index in [0.717, 1.165) is 5.56 Å². The zero-order chi connectivity index (χ0) is 17.3. The Morgan fingerprint density at radius 3 is 2.17 bits per heavy atom. The standard InChI is InChI=1S/C16H23ClNO4P/c1-4-20-16(21-5-2)23(19,6-3)22-15(11-12-18)13-7-9-14(17)10-8-13/h7-10,15-16H,4-6,11H2,1-3H3. The van der Waals surface area contributed by atoms with Crippen LogP contribution in [-0.4, -0.2) is 25.4 Å². The van der Waals surface area contributed by atoms with Crippen LogP contribution in [0.1, 0.15) is 38.9 Å². The van der Waals surface area contributed by atoms with Crippen molar-refractivity contribution in [2.45, 2.75) is 39.3 Å². The second-order valence-corrected chi connectivity index (χ2v) is 7.92. The number of ether oxygens (including phenoxy) is 2. The molecule has 0 N–H and O–H groups in total. The molecule has 23 heavy (non-hydrogen) atoms. The van der Waals surface area contributed by atoms with Gasteiger partial charge in [-0.2, -0.15) is 5.26 Å². The van der Waals surface area contributed by atoms with Gasteiger partial charge in [0.25, 0.3) is 7.37 Å². The fraction of sp³-hybridized carbons (Fsp3) is 0.562. The van der Waals surface area contributed by atoms with E-state index in [9.17, 15) is 4.57 Å². The Balaban J connectivity index is 3.04. The summed E-state index contributed by atoms with van der Waals surface area (Å²) in [6, 6.07) is 8.10. The van der Waals surface area contributed by atoms with Crippen LogP contribution in [0.3, 0.4) is 0 Å². The van der Waals surface area contributed by atoms with Crippen molar-refractivity contribution in [3.63, 3.8) is 0 Å². The molecule has 2 unspecified atom stereocenters. The highest BCUT2D eigenvalue weighted by molar-refractivity contribution is 7.59. The van der Waals surface area contributed by atoms with Gasteiger partial charge in [-0.15, -0.1) is 0 Å². The highest BCUT2D eigenvalue weighted by atomic mass is 35.5. The van der Waals surface area contributed by atoms with E-state index in [-0.39, 0.29) is 12.6 Å². The summed E-state index contributed by atoms with van der Waals surface area (Å²) in [5.74, 6) is 0. The van der Waals surface area contributed by atoms with E-state index < -0.39 is 19.5 Å². The Kier molecular flexibility index (Phi) is 8.83. The van der Waals surface area contributed by atoms with Gasteiger partial charge in [0.2, 0.25) is 6.03 Å². The lowest BCUT2D eigenvalue weighted by molar-refractivity contribution is -0.0907. The topological polar surface area (TPSA) is 68.6 Å². The number of hydrogen-bond acceptors (Lipinski definition) is 5. The molecule has 0 amide bonds. The minimum Gasteiger partial charge on any atom is -0.345 e. The zero-order valence-electron chi connectivity index (χ0n) is 13.7. The summed E-state index contributed by atoms with van der Waals surface area (Å²) in [7, 11) is -3.24. The van der Waals surface area contributed by atoms with Crippen LogP contribution in [0.5, 0.6) is 0 Å². The Bertz CT molecular complexity index is 552. The third-order valence-electron chi connectivity index (χ3n) is 3.20. The van der Waals surface area contributed by atoms with Crippen molar-refractivity contribution in [1.82, 2.24) is 0 Å². The Hall–Kier alpha value is -0.890. The van der Waals surface area contributed by atoms with Crippen molar-refractivity contribution in [2.75, 3.05) is 19.4 Å². The number of nitriles is 1. The molecule has 0 heterocycles. The number of benzene rings is 1. The molecule has 0 fully saturated rings. The van der Waals surface area contributed by atoms with Crippen LogP contribution < -0.4 is 0 Å². The van der Waals surface area contributed by atoms with Crippen LogP contribution in [0.4, 0.5) is 0 Å². The van der Waals surface area contributed by atoms with Crippen molar-refractivity contribution in [3.8, 4) is 6.07 Å². The predicted molar refractivity (Wildman–Crippen MR) is 90.7 cm³/mol. The average molecular weight is 360 g/mol. The van der Waals surface area contributed by atoms with Gasteiger partial charge < -0.3 is 14.0 Å². The second kappa shape index (κ2) is 10.1. The molecule has 0 spiro atoms. The van der Waals surface area contributed by atoms with Crippen molar-refractivity contribution in [3.05, 3.63) is 34.9 Å². The minimum absolute atomic E-state index is 0.0800. The molecule has 0 aliphatic heterocycles. The first kappa shape index (κ1) is 20.2. The molecule has 1 rings (SSSR count). The van der Waals surface area contributed by atoms with Gasteiger partial charge in [0.1, 0.15) is 6.10 Å². The van der Waals surface area contributed by atoms with Crippen molar-refractivity contribution < 1.29 is 18.6 Å². The molecule has 1 aromatic carbocycles. The summed E-state index contributed by atoms with van der Waals surface area (Å²) in [6.45, 7) is 6.09. The van der Waals surface area contributed by atoms with Gasteiger partial charge in [0, 0.05) is 24.4 Å². The quantitative estimate of drug-likeness (QED) is 0.436. The van der Waals surface area contributed by atoms with E-state index in [1.165, 1.54) is 0 Å². The Labute approximate surface area is 142 Å². The third kappa shape index (κ3) is 5.91. The Morgan fingerprint density at radius 1 is 1.17 bits per heavy atom. The van der Waals surface area contributed by atoms with Crippen LogP contribution >= 0.6 is 19.0 Å². The summed E-state index contributed by atoms with van der Waals surface area (Å²) in [5, 5.41) is 9.65. The lowest BCUT2D eigenvalue weighted by Gasteiger charge is -2.29. The molecule has 128 valence electrons. The summed E-state index contributed by atoms with van der Waals surface area (Å²) < 4.78 is 30.0. The zero-order valence-corrected chi connectivity index (χ0v) is 15.3. The monoisotopic (exact) mass is 359 g/mol. The van der Waals surface area contributed by atoms with Crippen molar-refractivity contribution >= 4 is 19.0 Å². The number of halogens is 1. The van der Waals surface area contributed by atoms with Crippen LogP contribution in [0.15, 0.2) is 24.3 Å². The highest BCUT2D eigenvalue weighted by Gasteiger charge is 2.37. The molecule has 0 bridgehead atoms. The maximum absolute atomic E-state index is 13.2. The number of hydrogen-bond donors (Lipinski definition) is 0. The number of rotatable bonds is 10. The maximum atomic E-state index is 13.2. The van der Waals surface area contributed by atoms with Gasteiger partial charge in [-0.25, -0.2) is 0 Å². The van der Waals surface area contributed by atoms with E-state index in [2.05, 4.69) is 6.07 Å². The van der Waals surface area contributed by atoms with Crippen molar-refractivity contribution in [2.24, 2.45) is 0 Å². The molecule has 1 aromatic rings. The van der Waals surface area contributed by atoms with Gasteiger partial charge in [-0.1, -0.05) is 30.7 Å². The van der Waals surface area contributed by atoms with E-state index in [4.69, 9.17) is 30.9 Å². The predicted octanol–water partition coefficient (Wildman–Crippen LogP) is 4.97. The molecule has 0 aliphatic rings. The first-order valence-electron chi connectivity index (χ1n) is 7.63. The van der Waals surface area contributed by atoms with Gasteiger partial charge in [-0.05, 0) is 31.5 Å². The van der Waals surface area contributed by atoms with Crippen LogP contribution in [-0.2, 0) is 18.6 Å². The van der Waals surface area contributed by atoms with Gasteiger partial charge in [0.15, 0.2) is 0 Å². The largest absolute Gasteiger partial charge is 0.345 e. The molecular formula is C16H23ClNO4P. The molecular weight excluding hydrogens is 337 g/mol. The summed E-state index contributed by atoms with van der Waals surface area (Å²) in [5.41, 5.74) is 0.747. The number of nitrogens with zero attached hydrogens (tertiary/aromatic N) is 1. The van der Waals surface area contributed by atoms with Crippen LogP contribution in [0, 0.1) is 11.3 Å². The first-order valence-corrected chi connectivity index (χ1v) is 9.89.